The first-order valence-electron chi connectivity index (χ1n) is 12.4. The molecule has 1 aromatic heterocycles. The van der Waals surface area contributed by atoms with Gasteiger partial charge in [0, 0.05) is 6.42 Å². The topological polar surface area (TPSA) is 80.8 Å². The molecular formula is C27H33N3O4SSi. The summed E-state index contributed by atoms with van der Waals surface area (Å²) in [4.78, 5) is 32.7. The summed E-state index contributed by atoms with van der Waals surface area (Å²) in [6.45, 7) is 13.9. The summed E-state index contributed by atoms with van der Waals surface area (Å²) >= 11 is 1.54. The molecule has 36 heavy (non-hydrogen) atoms. The number of rotatable bonds is 7. The molecule has 1 N–H and O–H groups in total. The molecule has 2 aliphatic rings. The number of imide groups is 1. The lowest BCUT2D eigenvalue weighted by Gasteiger charge is -2.39. The molecule has 0 aliphatic carbocycles. The monoisotopic (exact) mass is 523 g/mol. The van der Waals surface area contributed by atoms with Crippen molar-refractivity contribution in [3.05, 3.63) is 53.1 Å². The van der Waals surface area contributed by atoms with Crippen LogP contribution in [0.3, 0.4) is 0 Å². The van der Waals surface area contributed by atoms with E-state index >= 15 is 0 Å². The number of benzene rings is 2. The fraction of sp³-hybridized carbons (Fsp3) is 0.444. The van der Waals surface area contributed by atoms with Gasteiger partial charge in [-0.25, -0.2) is 4.98 Å². The van der Waals surface area contributed by atoms with Crippen LogP contribution in [0.25, 0.3) is 10.2 Å². The van der Waals surface area contributed by atoms with Crippen LogP contribution in [-0.2, 0) is 10.8 Å². The third-order valence-corrected chi connectivity index (χ3v) is 13.2. The van der Waals surface area contributed by atoms with Gasteiger partial charge in [0.05, 0.1) is 41.1 Å². The third-order valence-electron chi connectivity index (χ3n) is 7.77. The number of ether oxygens (including phenoxy) is 1. The minimum Gasteiger partial charge on any atom is -0.491 e. The molecule has 0 saturated heterocycles. The van der Waals surface area contributed by atoms with E-state index in [4.69, 9.17) is 14.1 Å². The van der Waals surface area contributed by atoms with Crippen LogP contribution in [0.4, 0.5) is 5.13 Å². The summed E-state index contributed by atoms with van der Waals surface area (Å²) in [6.07, 6.45) is 0.894. The number of nitrogens with zero attached hydrogens (tertiary/aromatic N) is 2. The normalized spacial score (nSPS) is 17.2. The van der Waals surface area contributed by atoms with Crippen LogP contribution in [-0.4, -0.2) is 55.3 Å². The first-order valence-corrected chi connectivity index (χ1v) is 16.1. The Balaban J connectivity index is 1.45. The van der Waals surface area contributed by atoms with E-state index in [-0.39, 0.29) is 22.9 Å². The Hall–Kier alpha value is -2.75. The Kier molecular flexibility index (Phi) is 6.21. The van der Waals surface area contributed by atoms with Crippen LogP contribution in [0.5, 0.6) is 5.75 Å². The van der Waals surface area contributed by atoms with Gasteiger partial charge in [0.25, 0.3) is 11.8 Å². The van der Waals surface area contributed by atoms with Gasteiger partial charge in [0.2, 0.25) is 0 Å². The summed E-state index contributed by atoms with van der Waals surface area (Å²) in [5.41, 5.74) is 2.93. The smallest absolute Gasteiger partial charge is 0.261 e. The molecule has 0 spiro atoms. The number of hydrogen-bond donors (Lipinski definition) is 1. The Morgan fingerprint density at radius 3 is 2.44 bits per heavy atom. The van der Waals surface area contributed by atoms with E-state index < -0.39 is 14.4 Å². The van der Waals surface area contributed by atoms with Gasteiger partial charge in [-0.3, -0.25) is 14.5 Å². The highest BCUT2D eigenvalue weighted by Crippen LogP contribution is 2.39. The Morgan fingerprint density at radius 1 is 1.14 bits per heavy atom. The number of hydrogen-bond acceptors (Lipinski definition) is 7. The molecule has 190 valence electrons. The predicted molar refractivity (Wildman–Crippen MR) is 146 cm³/mol. The minimum absolute atomic E-state index is 0.0318. The molecule has 3 heterocycles. The lowest BCUT2D eigenvalue weighted by Crippen LogP contribution is -2.52. The van der Waals surface area contributed by atoms with Gasteiger partial charge in [-0.05, 0) is 48.8 Å². The van der Waals surface area contributed by atoms with Gasteiger partial charge in [-0.2, -0.15) is 0 Å². The second-order valence-corrected chi connectivity index (χ2v) is 16.9. The van der Waals surface area contributed by atoms with E-state index in [0.29, 0.717) is 24.3 Å². The SMILES string of the molecule is CC(C(CO[Si](C)(C)C(C)(C)C)Nc1nc2c3c(ccc2s1)CCO3)N1C(=O)c2ccccc2C1=O. The first-order chi connectivity index (χ1) is 17.0. The Bertz CT molecular complexity index is 1310. The number of thiazole rings is 1. The molecule has 2 atom stereocenters. The Morgan fingerprint density at radius 2 is 1.81 bits per heavy atom. The molecular weight excluding hydrogens is 490 g/mol. The Labute approximate surface area is 216 Å². The lowest BCUT2D eigenvalue weighted by atomic mass is 10.1. The van der Waals surface area contributed by atoms with Crippen molar-refractivity contribution in [1.82, 2.24) is 9.88 Å². The van der Waals surface area contributed by atoms with Crippen molar-refractivity contribution < 1.29 is 18.8 Å². The molecule has 0 radical (unpaired) electrons. The van der Waals surface area contributed by atoms with Crippen LogP contribution in [0, 0.1) is 0 Å². The number of aromatic nitrogens is 1. The molecule has 0 fully saturated rings. The van der Waals surface area contributed by atoms with E-state index in [0.717, 1.165) is 27.5 Å². The number of fused-ring (bicyclic) bond motifs is 4. The standard InChI is InChI=1S/C27H33N3O4SSi/c1-16(30-24(31)18-9-7-8-10-19(18)25(30)32)20(15-34-36(5,6)27(2,3)4)28-26-29-22-21(35-26)12-11-17-13-14-33-23(17)22/h7-12,16,20H,13-15H2,1-6H3,(H,28,29). The largest absolute Gasteiger partial charge is 0.491 e. The van der Waals surface area contributed by atoms with Crippen molar-refractivity contribution in [3.8, 4) is 5.75 Å². The van der Waals surface area contributed by atoms with E-state index in [1.807, 2.05) is 6.92 Å². The lowest BCUT2D eigenvalue weighted by molar-refractivity contribution is 0.0565. The summed E-state index contributed by atoms with van der Waals surface area (Å²) < 4.78 is 13.5. The first kappa shape index (κ1) is 24.9. The van der Waals surface area contributed by atoms with Crippen LogP contribution in [0.1, 0.15) is 54.0 Å². The predicted octanol–water partition coefficient (Wildman–Crippen LogP) is 5.72. The van der Waals surface area contributed by atoms with Crippen LogP contribution < -0.4 is 10.1 Å². The van der Waals surface area contributed by atoms with Crippen molar-refractivity contribution >= 4 is 46.8 Å². The third kappa shape index (κ3) is 4.23. The molecule has 2 unspecified atom stereocenters. The molecule has 3 aromatic rings. The number of carbonyl (C=O) groups is 2. The number of nitrogens with one attached hydrogen (secondary N) is 1. The summed E-state index contributed by atoms with van der Waals surface area (Å²) in [7, 11) is -2.08. The van der Waals surface area contributed by atoms with E-state index in [2.05, 4.69) is 51.3 Å². The van der Waals surface area contributed by atoms with E-state index in [9.17, 15) is 9.59 Å². The zero-order chi connectivity index (χ0) is 25.8. The van der Waals surface area contributed by atoms with Crippen molar-refractivity contribution in [2.24, 2.45) is 0 Å². The molecule has 2 aliphatic heterocycles. The highest BCUT2D eigenvalue weighted by Gasteiger charge is 2.43. The van der Waals surface area contributed by atoms with Gasteiger partial charge in [-0.15, -0.1) is 0 Å². The van der Waals surface area contributed by atoms with Gasteiger partial charge in [0.1, 0.15) is 11.3 Å². The van der Waals surface area contributed by atoms with E-state index in [1.54, 1.807) is 35.6 Å². The maximum absolute atomic E-state index is 13.3. The maximum Gasteiger partial charge on any atom is 0.261 e. The van der Waals surface area contributed by atoms with Crippen molar-refractivity contribution in [2.45, 2.75) is 64.3 Å². The van der Waals surface area contributed by atoms with Gasteiger partial charge >= 0.3 is 0 Å². The number of carbonyl (C=O) groups excluding carboxylic acids is 2. The molecule has 0 saturated carbocycles. The van der Waals surface area contributed by atoms with Crippen molar-refractivity contribution in [2.75, 3.05) is 18.5 Å². The fourth-order valence-corrected chi connectivity index (χ4v) is 6.38. The van der Waals surface area contributed by atoms with E-state index in [1.165, 1.54) is 10.5 Å². The minimum atomic E-state index is -2.08. The zero-order valence-corrected chi connectivity index (χ0v) is 23.5. The van der Waals surface area contributed by atoms with Crippen LogP contribution in [0.2, 0.25) is 18.1 Å². The maximum atomic E-state index is 13.3. The molecule has 9 heteroatoms. The van der Waals surface area contributed by atoms with Gasteiger partial charge < -0.3 is 14.5 Å². The fourth-order valence-electron chi connectivity index (χ4n) is 4.43. The van der Waals surface area contributed by atoms with Gasteiger partial charge in [-0.1, -0.05) is 50.3 Å². The zero-order valence-electron chi connectivity index (χ0n) is 21.7. The summed E-state index contributed by atoms with van der Waals surface area (Å²) in [5.74, 6) is 0.328. The molecule has 5 rings (SSSR count). The second kappa shape index (κ2) is 8.97. The van der Waals surface area contributed by atoms with Crippen LogP contribution >= 0.6 is 11.3 Å². The highest BCUT2D eigenvalue weighted by atomic mass is 32.1. The molecule has 7 nitrogen and oxygen atoms in total. The van der Waals surface area contributed by atoms with Gasteiger partial charge in [0.15, 0.2) is 13.4 Å². The summed E-state index contributed by atoms with van der Waals surface area (Å²) in [5, 5.41) is 4.29. The molecule has 2 amide bonds. The summed E-state index contributed by atoms with van der Waals surface area (Å²) in [6, 6.07) is 10.4. The second-order valence-electron chi connectivity index (χ2n) is 11.1. The molecule has 0 bridgehead atoms. The van der Waals surface area contributed by atoms with Crippen molar-refractivity contribution in [3.63, 3.8) is 0 Å². The highest BCUT2D eigenvalue weighted by molar-refractivity contribution is 7.22. The van der Waals surface area contributed by atoms with Crippen LogP contribution in [0.15, 0.2) is 36.4 Å². The average Bonchev–Trinajstić information content (AvgIpc) is 3.52. The number of amides is 2. The number of anilines is 1. The van der Waals surface area contributed by atoms with Crippen molar-refractivity contribution in [1.29, 1.82) is 0 Å². The average molecular weight is 524 g/mol. The molecule has 2 aromatic carbocycles. The quantitative estimate of drug-likeness (QED) is 0.315.